The van der Waals surface area contributed by atoms with Gasteiger partial charge in [0.2, 0.25) is 5.75 Å². The van der Waals surface area contributed by atoms with Gasteiger partial charge < -0.3 is 4.74 Å². The Bertz CT molecular complexity index is 1200. The van der Waals surface area contributed by atoms with E-state index in [2.05, 4.69) is 20.8 Å². The van der Waals surface area contributed by atoms with Crippen molar-refractivity contribution >= 4 is 17.3 Å². The molecule has 0 aliphatic heterocycles. The molecule has 0 heterocycles. The molecule has 0 unspecified atom stereocenters. The largest absolute Gasteiger partial charge is 0.449 e. The number of hydrogen-bond donors (Lipinski definition) is 0. The molecule has 6 heteroatoms. The topological polar surface area (TPSA) is 86.5 Å². The summed E-state index contributed by atoms with van der Waals surface area (Å²) in [5.74, 6) is -0.694. The molecule has 3 aromatic rings. The van der Waals surface area contributed by atoms with Gasteiger partial charge in [0.05, 0.1) is 10.5 Å². The standard InChI is InChI=1S/C24H19NO5/c1-24(2,3)14-8-10-15(11-9-14)30-23-19(25(28)29)13-12-18-20(23)22(27)17-7-5-4-6-16(17)21(18)26/h4-13H,1-3H3. The Morgan fingerprint density at radius 1 is 0.800 bits per heavy atom. The first-order valence-corrected chi connectivity index (χ1v) is 9.46. The fourth-order valence-electron chi connectivity index (χ4n) is 3.53. The van der Waals surface area contributed by atoms with Gasteiger partial charge in [-0.2, -0.15) is 0 Å². The van der Waals surface area contributed by atoms with E-state index in [1.165, 1.54) is 12.1 Å². The lowest BCUT2D eigenvalue weighted by atomic mass is 9.83. The summed E-state index contributed by atoms with van der Waals surface area (Å²) in [6.45, 7) is 6.22. The summed E-state index contributed by atoms with van der Waals surface area (Å²) in [5, 5.41) is 11.6. The van der Waals surface area contributed by atoms with Gasteiger partial charge in [0.15, 0.2) is 11.6 Å². The summed E-state index contributed by atoms with van der Waals surface area (Å²) in [6, 6.07) is 16.1. The second-order valence-corrected chi connectivity index (χ2v) is 8.17. The highest BCUT2D eigenvalue weighted by Crippen LogP contribution is 2.41. The average molecular weight is 401 g/mol. The lowest BCUT2D eigenvalue weighted by molar-refractivity contribution is -0.385. The third-order valence-electron chi connectivity index (χ3n) is 5.16. The lowest BCUT2D eigenvalue weighted by Crippen LogP contribution is -2.22. The van der Waals surface area contributed by atoms with E-state index < -0.39 is 10.7 Å². The maximum absolute atomic E-state index is 13.2. The summed E-state index contributed by atoms with van der Waals surface area (Å²) >= 11 is 0. The number of rotatable bonds is 3. The fourth-order valence-corrected chi connectivity index (χ4v) is 3.53. The molecule has 0 radical (unpaired) electrons. The summed E-state index contributed by atoms with van der Waals surface area (Å²) in [4.78, 5) is 37.1. The van der Waals surface area contributed by atoms with Gasteiger partial charge in [0.25, 0.3) is 0 Å². The van der Waals surface area contributed by atoms with Gasteiger partial charge in [-0.1, -0.05) is 57.2 Å². The van der Waals surface area contributed by atoms with E-state index in [0.29, 0.717) is 5.75 Å². The summed E-state index contributed by atoms with van der Waals surface area (Å²) < 4.78 is 5.86. The number of nitro benzene ring substituents is 1. The Labute approximate surface area is 173 Å². The number of carbonyl (C=O) groups excluding carboxylic acids is 2. The van der Waals surface area contributed by atoms with Crippen LogP contribution in [0.4, 0.5) is 5.69 Å². The third kappa shape index (κ3) is 3.16. The molecule has 6 nitrogen and oxygen atoms in total. The van der Waals surface area contributed by atoms with Crippen molar-refractivity contribution < 1.29 is 19.2 Å². The molecule has 150 valence electrons. The van der Waals surface area contributed by atoms with E-state index in [-0.39, 0.29) is 44.9 Å². The van der Waals surface area contributed by atoms with E-state index in [1.54, 1.807) is 36.4 Å². The molecule has 3 aromatic carbocycles. The predicted molar refractivity (Wildman–Crippen MR) is 112 cm³/mol. The van der Waals surface area contributed by atoms with Crippen LogP contribution in [0.1, 0.15) is 58.2 Å². The van der Waals surface area contributed by atoms with Gasteiger partial charge in [0, 0.05) is 22.8 Å². The molecule has 0 atom stereocenters. The van der Waals surface area contributed by atoms with Crippen LogP contribution >= 0.6 is 0 Å². The van der Waals surface area contributed by atoms with Crippen LogP contribution in [0.25, 0.3) is 0 Å². The molecular formula is C24H19NO5. The van der Waals surface area contributed by atoms with Gasteiger partial charge in [-0.3, -0.25) is 19.7 Å². The van der Waals surface area contributed by atoms with Crippen LogP contribution in [0.5, 0.6) is 11.5 Å². The zero-order valence-electron chi connectivity index (χ0n) is 16.8. The molecular weight excluding hydrogens is 382 g/mol. The summed E-state index contributed by atoms with van der Waals surface area (Å²) in [6.07, 6.45) is 0. The highest BCUT2D eigenvalue weighted by Gasteiger charge is 2.36. The SMILES string of the molecule is CC(C)(C)c1ccc(Oc2c([N+](=O)[O-])ccc3c2C(=O)c2ccccc2C3=O)cc1. The highest BCUT2D eigenvalue weighted by molar-refractivity contribution is 6.29. The molecule has 1 aliphatic carbocycles. The van der Waals surface area contributed by atoms with E-state index in [0.717, 1.165) is 5.56 Å². The number of nitro groups is 1. The number of ether oxygens (including phenoxy) is 1. The molecule has 0 bridgehead atoms. The Balaban J connectivity index is 1.86. The summed E-state index contributed by atoms with van der Waals surface area (Å²) in [7, 11) is 0. The first-order valence-electron chi connectivity index (χ1n) is 9.46. The van der Waals surface area contributed by atoms with Gasteiger partial charge in [-0.05, 0) is 29.2 Å². The van der Waals surface area contributed by atoms with Crippen molar-refractivity contribution in [2.24, 2.45) is 0 Å². The average Bonchev–Trinajstić information content (AvgIpc) is 2.71. The molecule has 0 saturated heterocycles. The normalized spacial score (nSPS) is 12.9. The molecule has 4 rings (SSSR count). The summed E-state index contributed by atoms with van der Waals surface area (Å²) in [5.41, 5.74) is 1.16. The molecule has 0 spiro atoms. The zero-order chi connectivity index (χ0) is 21.6. The maximum atomic E-state index is 13.2. The minimum atomic E-state index is -0.614. The molecule has 0 aromatic heterocycles. The number of hydrogen-bond acceptors (Lipinski definition) is 5. The Morgan fingerprint density at radius 3 is 1.97 bits per heavy atom. The fraction of sp³-hybridized carbons (Fsp3) is 0.167. The second kappa shape index (κ2) is 6.91. The van der Waals surface area contributed by atoms with Crippen molar-refractivity contribution in [2.75, 3.05) is 0 Å². The van der Waals surface area contributed by atoms with Crippen molar-refractivity contribution in [2.45, 2.75) is 26.2 Å². The van der Waals surface area contributed by atoms with Gasteiger partial charge in [0.1, 0.15) is 5.75 Å². The van der Waals surface area contributed by atoms with Gasteiger partial charge in [-0.25, -0.2) is 0 Å². The first kappa shape index (κ1) is 19.5. The number of nitrogens with zero attached hydrogens (tertiary/aromatic N) is 1. The van der Waals surface area contributed by atoms with Crippen molar-refractivity contribution in [3.05, 3.63) is 98.6 Å². The number of benzene rings is 3. The van der Waals surface area contributed by atoms with Gasteiger partial charge in [-0.15, -0.1) is 0 Å². The van der Waals surface area contributed by atoms with Crippen molar-refractivity contribution in [3.63, 3.8) is 0 Å². The van der Waals surface area contributed by atoms with Crippen LogP contribution in [0, 0.1) is 10.1 Å². The van der Waals surface area contributed by atoms with Crippen LogP contribution < -0.4 is 4.74 Å². The molecule has 0 saturated carbocycles. The molecule has 0 N–H and O–H groups in total. The van der Waals surface area contributed by atoms with Gasteiger partial charge >= 0.3 is 5.69 Å². The minimum Gasteiger partial charge on any atom is -0.449 e. The second-order valence-electron chi connectivity index (χ2n) is 8.17. The predicted octanol–water partition coefficient (Wildman–Crippen LogP) is 5.46. The molecule has 0 amide bonds. The van der Waals surface area contributed by atoms with Crippen LogP contribution in [0.3, 0.4) is 0 Å². The zero-order valence-corrected chi connectivity index (χ0v) is 16.8. The first-order chi connectivity index (χ1) is 14.2. The molecule has 0 fully saturated rings. The number of carbonyl (C=O) groups is 2. The maximum Gasteiger partial charge on any atom is 0.312 e. The Hall–Kier alpha value is -3.80. The smallest absolute Gasteiger partial charge is 0.312 e. The van der Waals surface area contributed by atoms with Crippen LogP contribution in [0.2, 0.25) is 0 Å². The van der Waals surface area contributed by atoms with Crippen molar-refractivity contribution in [3.8, 4) is 11.5 Å². The Morgan fingerprint density at radius 2 is 1.40 bits per heavy atom. The van der Waals surface area contributed by atoms with Crippen molar-refractivity contribution in [1.29, 1.82) is 0 Å². The van der Waals surface area contributed by atoms with E-state index in [4.69, 9.17) is 4.74 Å². The monoisotopic (exact) mass is 401 g/mol. The van der Waals surface area contributed by atoms with E-state index >= 15 is 0 Å². The van der Waals surface area contributed by atoms with Crippen LogP contribution in [-0.4, -0.2) is 16.5 Å². The lowest BCUT2D eigenvalue weighted by Gasteiger charge is -2.21. The van der Waals surface area contributed by atoms with Crippen molar-refractivity contribution in [1.82, 2.24) is 0 Å². The highest BCUT2D eigenvalue weighted by atomic mass is 16.6. The number of ketones is 2. The molecule has 30 heavy (non-hydrogen) atoms. The molecule has 1 aliphatic rings. The van der Waals surface area contributed by atoms with Crippen LogP contribution in [0.15, 0.2) is 60.7 Å². The quantitative estimate of drug-likeness (QED) is 0.336. The third-order valence-corrected chi connectivity index (χ3v) is 5.16. The van der Waals surface area contributed by atoms with E-state index in [9.17, 15) is 19.7 Å². The van der Waals surface area contributed by atoms with E-state index in [1.807, 2.05) is 12.1 Å². The van der Waals surface area contributed by atoms with Crippen LogP contribution in [-0.2, 0) is 5.41 Å². The number of fused-ring (bicyclic) bond motifs is 2. The Kier molecular flexibility index (Phi) is 4.50. The minimum absolute atomic E-state index is 0.0669.